The molecular formula is C12H16N2O3. The fourth-order valence-corrected chi connectivity index (χ4v) is 2.18. The maximum absolute atomic E-state index is 11.8. The molecule has 0 saturated carbocycles. The monoisotopic (exact) mass is 236 g/mol. The Morgan fingerprint density at radius 2 is 2.41 bits per heavy atom. The molecule has 0 aliphatic carbocycles. The molecule has 0 saturated heterocycles. The number of hydrogen-bond donors (Lipinski definition) is 0. The minimum absolute atomic E-state index is 0.0819. The Morgan fingerprint density at radius 1 is 1.65 bits per heavy atom. The Hall–Kier alpha value is -1.65. The summed E-state index contributed by atoms with van der Waals surface area (Å²) in [4.78, 5) is 27.9. The molecule has 0 radical (unpaired) electrons. The minimum atomic E-state index is -0.392. The Morgan fingerprint density at radius 3 is 3.12 bits per heavy atom. The largest absolute Gasteiger partial charge is 0.465 e. The van der Waals surface area contributed by atoms with E-state index in [1.54, 1.807) is 18.4 Å². The molecule has 2 rings (SSSR count). The van der Waals surface area contributed by atoms with Crippen LogP contribution in [0.25, 0.3) is 0 Å². The van der Waals surface area contributed by atoms with Gasteiger partial charge >= 0.3 is 5.97 Å². The van der Waals surface area contributed by atoms with Gasteiger partial charge in [0.05, 0.1) is 6.61 Å². The molecule has 2 heterocycles. The summed E-state index contributed by atoms with van der Waals surface area (Å²) in [6, 6.07) is 1.50. The van der Waals surface area contributed by atoms with E-state index in [4.69, 9.17) is 4.74 Å². The summed E-state index contributed by atoms with van der Waals surface area (Å²) in [5.74, 6) is -0.116. The van der Waals surface area contributed by atoms with Gasteiger partial charge in [-0.2, -0.15) is 0 Å². The van der Waals surface area contributed by atoms with Crippen LogP contribution in [0.1, 0.15) is 37.2 Å². The fourth-order valence-electron chi connectivity index (χ4n) is 2.18. The first-order valence-electron chi connectivity index (χ1n) is 5.88. The highest BCUT2D eigenvalue weighted by molar-refractivity contribution is 5.77. The Kier molecular flexibility index (Phi) is 3.26. The molecule has 1 unspecified atom stereocenters. The molecule has 0 bridgehead atoms. The van der Waals surface area contributed by atoms with Crippen molar-refractivity contribution in [1.29, 1.82) is 0 Å². The number of fused-ring (bicyclic) bond motifs is 1. The molecule has 17 heavy (non-hydrogen) atoms. The summed E-state index contributed by atoms with van der Waals surface area (Å²) < 4.78 is 6.61. The predicted octanol–water partition coefficient (Wildman–Crippen LogP) is 0.992. The highest BCUT2D eigenvalue weighted by Gasteiger charge is 2.29. The lowest BCUT2D eigenvalue weighted by molar-refractivity contribution is -0.145. The molecule has 92 valence electrons. The molecule has 1 aliphatic rings. The number of esters is 1. The lowest BCUT2D eigenvalue weighted by Crippen LogP contribution is -2.33. The van der Waals surface area contributed by atoms with Crippen LogP contribution in [0.15, 0.2) is 10.9 Å². The van der Waals surface area contributed by atoms with Gasteiger partial charge in [0.25, 0.3) is 5.56 Å². The maximum Gasteiger partial charge on any atom is 0.316 e. The van der Waals surface area contributed by atoms with E-state index >= 15 is 0 Å². The van der Waals surface area contributed by atoms with E-state index in [0.29, 0.717) is 31.1 Å². The van der Waals surface area contributed by atoms with Crippen molar-refractivity contribution in [2.24, 2.45) is 0 Å². The van der Waals surface area contributed by atoms with E-state index in [0.717, 1.165) is 6.42 Å². The zero-order valence-corrected chi connectivity index (χ0v) is 10.1. The van der Waals surface area contributed by atoms with Crippen LogP contribution in [0.2, 0.25) is 0 Å². The number of aromatic nitrogens is 2. The second kappa shape index (κ2) is 4.69. The van der Waals surface area contributed by atoms with Gasteiger partial charge in [0.1, 0.15) is 11.7 Å². The topological polar surface area (TPSA) is 61.2 Å². The van der Waals surface area contributed by atoms with Gasteiger partial charge < -0.3 is 4.74 Å². The maximum atomic E-state index is 11.8. The molecule has 0 N–H and O–H groups in total. The number of hydrogen-bond acceptors (Lipinski definition) is 4. The van der Waals surface area contributed by atoms with E-state index in [-0.39, 0.29) is 11.5 Å². The number of nitrogens with zero attached hydrogens (tertiary/aromatic N) is 2. The molecule has 0 aromatic carbocycles. The zero-order valence-electron chi connectivity index (χ0n) is 10.1. The predicted molar refractivity (Wildman–Crippen MR) is 61.8 cm³/mol. The smallest absolute Gasteiger partial charge is 0.316 e. The van der Waals surface area contributed by atoms with Gasteiger partial charge in [-0.05, 0) is 26.7 Å². The molecule has 1 atom stereocenters. The van der Waals surface area contributed by atoms with E-state index in [1.165, 1.54) is 6.07 Å². The summed E-state index contributed by atoms with van der Waals surface area (Å²) in [5.41, 5.74) is 0.568. The van der Waals surface area contributed by atoms with Crippen LogP contribution in [0.5, 0.6) is 0 Å². The molecule has 1 aromatic rings. The lowest BCUT2D eigenvalue weighted by Gasteiger charge is -2.24. The molecule has 5 heteroatoms. The van der Waals surface area contributed by atoms with Crippen LogP contribution >= 0.6 is 0 Å². The first-order valence-corrected chi connectivity index (χ1v) is 5.88. The van der Waals surface area contributed by atoms with Gasteiger partial charge in [0, 0.05) is 18.3 Å². The molecular weight excluding hydrogens is 220 g/mol. The lowest BCUT2D eigenvalue weighted by atomic mass is 9.98. The van der Waals surface area contributed by atoms with E-state index < -0.39 is 5.92 Å². The number of ether oxygens (including phenoxy) is 1. The third kappa shape index (κ3) is 2.23. The van der Waals surface area contributed by atoms with Crippen LogP contribution in [-0.4, -0.2) is 22.1 Å². The first kappa shape index (κ1) is 11.8. The summed E-state index contributed by atoms with van der Waals surface area (Å²) in [7, 11) is 0. The molecule has 1 aromatic heterocycles. The van der Waals surface area contributed by atoms with Gasteiger partial charge in [0.15, 0.2) is 0 Å². The molecule has 1 aliphatic heterocycles. The average molecular weight is 236 g/mol. The van der Waals surface area contributed by atoms with E-state index in [1.807, 2.05) is 0 Å². The molecule has 0 fully saturated rings. The highest BCUT2D eigenvalue weighted by Crippen LogP contribution is 2.25. The van der Waals surface area contributed by atoms with Crippen LogP contribution in [0.3, 0.4) is 0 Å². The van der Waals surface area contributed by atoms with Crippen LogP contribution in [0, 0.1) is 6.92 Å². The standard InChI is InChI=1S/C12H16N2O3/c1-3-17-12(16)9-5-4-6-14-10(15)7-8(2)13-11(9)14/h7,9H,3-6H2,1-2H3. The summed E-state index contributed by atoms with van der Waals surface area (Å²) in [5, 5.41) is 0. The number of rotatable bonds is 2. The number of aryl methyl sites for hydroxylation is 1. The van der Waals surface area contributed by atoms with Crippen molar-refractivity contribution in [3.05, 3.63) is 27.9 Å². The Balaban J connectivity index is 2.43. The van der Waals surface area contributed by atoms with Crippen LogP contribution < -0.4 is 5.56 Å². The number of carbonyl (C=O) groups excluding carboxylic acids is 1. The fraction of sp³-hybridized carbons (Fsp3) is 0.583. The van der Waals surface area contributed by atoms with Crippen LogP contribution in [0.4, 0.5) is 0 Å². The van der Waals surface area contributed by atoms with Crippen molar-refractivity contribution in [2.45, 2.75) is 39.2 Å². The van der Waals surface area contributed by atoms with Gasteiger partial charge in [0.2, 0.25) is 0 Å². The minimum Gasteiger partial charge on any atom is -0.465 e. The molecule has 0 amide bonds. The normalized spacial score (nSPS) is 18.6. The quantitative estimate of drug-likeness (QED) is 0.718. The summed E-state index contributed by atoms with van der Waals surface area (Å²) in [6.07, 6.45) is 1.51. The second-order valence-corrected chi connectivity index (χ2v) is 4.19. The van der Waals surface area contributed by atoms with Crippen LogP contribution in [-0.2, 0) is 16.1 Å². The zero-order chi connectivity index (χ0) is 12.4. The first-order chi connectivity index (χ1) is 8.13. The van der Waals surface area contributed by atoms with Crippen molar-refractivity contribution in [3.8, 4) is 0 Å². The van der Waals surface area contributed by atoms with Gasteiger partial charge in [-0.1, -0.05) is 0 Å². The van der Waals surface area contributed by atoms with Crippen molar-refractivity contribution in [2.75, 3.05) is 6.61 Å². The highest BCUT2D eigenvalue weighted by atomic mass is 16.5. The third-order valence-electron chi connectivity index (χ3n) is 2.92. The van der Waals surface area contributed by atoms with Crippen molar-refractivity contribution < 1.29 is 9.53 Å². The van der Waals surface area contributed by atoms with Gasteiger partial charge in [-0.25, -0.2) is 4.98 Å². The van der Waals surface area contributed by atoms with E-state index in [2.05, 4.69) is 4.98 Å². The SMILES string of the molecule is CCOC(=O)C1CCCn2c1nc(C)cc2=O. The average Bonchev–Trinajstić information content (AvgIpc) is 2.28. The van der Waals surface area contributed by atoms with E-state index in [9.17, 15) is 9.59 Å². The Bertz CT molecular complexity index is 493. The summed E-state index contributed by atoms with van der Waals surface area (Å²) >= 11 is 0. The van der Waals surface area contributed by atoms with Crippen molar-refractivity contribution >= 4 is 5.97 Å². The van der Waals surface area contributed by atoms with Gasteiger partial charge in [-0.15, -0.1) is 0 Å². The van der Waals surface area contributed by atoms with Gasteiger partial charge in [-0.3, -0.25) is 14.2 Å². The van der Waals surface area contributed by atoms with Crippen molar-refractivity contribution in [3.63, 3.8) is 0 Å². The number of carbonyl (C=O) groups is 1. The second-order valence-electron chi connectivity index (χ2n) is 4.19. The third-order valence-corrected chi connectivity index (χ3v) is 2.92. The van der Waals surface area contributed by atoms with Crippen molar-refractivity contribution in [1.82, 2.24) is 9.55 Å². The molecule has 5 nitrogen and oxygen atoms in total. The summed E-state index contributed by atoms with van der Waals surface area (Å²) in [6.45, 7) is 4.53. The Labute approximate surface area is 99.4 Å². The molecule has 0 spiro atoms.